The molecular weight excluding hydrogens is 639 g/mol. The number of ether oxygens (including phenoxy) is 1. The number of aromatic nitrogens is 2. The first-order valence-corrected chi connectivity index (χ1v) is 19.1. The van der Waals surface area contributed by atoms with E-state index in [-0.39, 0.29) is 23.3 Å². The summed E-state index contributed by atoms with van der Waals surface area (Å²) in [5, 5.41) is 1.40. The van der Waals surface area contributed by atoms with Crippen LogP contribution in [0.25, 0.3) is 0 Å². The highest BCUT2D eigenvalue weighted by Gasteiger charge is 2.45. The second-order valence-electron chi connectivity index (χ2n) is 13.4. The molecule has 0 amide bonds. The predicted octanol–water partition coefficient (Wildman–Crippen LogP) is 6.85. The predicted molar refractivity (Wildman–Crippen MR) is 199 cm³/mol. The summed E-state index contributed by atoms with van der Waals surface area (Å²) in [6.07, 6.45) is 15.9. The number of anilines is 1. The van der Waals surface area contributed by atoms with Gasteiger partial charge >= 0.3 is 0 Å². The first kappa shape index (κ1) is 34.3. The minimum absolute atomic E-state index is 0.0622. The van der Waals surface area contributed by atoms with E-state index >= 15 is 0 Å². The van der Waals surface area contributed by atoms with Crippen molar-refractivity contribution in [3.05, 3.63) is 83.3 Å². The van der Waals surface area contributed by atoms with E-state index in [9.17, 15) is 4.79 Å². The lowest BCUT2D eigenvalue weighted by atomic mass is 9.72. The van der Waals surface area contributed by atoms with Crippen molar-refractivity contribution in [3.8, 4) is 5.88 Å². The molecule has 3 heterocycles. The van der Waals surface area contributed by atoms with Gasteiger partial charge in [-0.1, -0.05) is 98.4 Å². The first-order valence-electron chi connectivity index (χ1n) is 17.1. The molecule has 2 aromatic carbocycles. The smallest absolute Gasteiger partial charge is 0.232 e. The van der Waals surface area contributed by atoms with E-state index in [1.165, 1.54) is 94.8 Å². The Morgan fingerprint density at radius 1 is 0.771 bits per heavy atom. The highest BCUT2D eigenvalue weighted by molar-refractivity contribution is 8.14. The molecule has 2 unspecified atom stereocenters. The quantitative estimate of drug-likeness (QED) is 0.170. The van der Waals surface area contributed by atoms with Crippen LogP contribution in [-0.2, 0) is 17.5 Å². The topological polar surface area (TPSA) is 155 Å². The minimum Gasteiger partial charge on any atom is -0.480 e. The maximum atomic E-state index is 12.7. The van der Waals surface area contributed by atoms with Crippen molar-refractivity contribution >= 4 is 45.3 Å². The molecule has 0 saturated heterocycles. The number of Topliss-reactive ketones (excluding diaryl/α,β-unsaturated/α-hetero) is 1. The number of hydrogen-bond acceptors (Lipinski definition) is 11. The van der Waals surface area contributed by atoms with Crippen LogP contribution in [0.3, 0.4) is 0 Å². The molecule has 9 nitrogen and oxygen atoms in total. The average Bonchev–Trinajstić information content (AvgIpc) is 3.73. The Kier molecular flexibility index (Phi) is 10.9. The number of nitrogens with two attached hydrogens (primary N) is 3. The van der Waals surface area contributed by atoms with Gasteiger partial charge < -0.3 is 21.9 Å². The molecule has 2 fully saturated rings. The van der Waals surface area contributed by atoms with Crippen molar-refractivity contribution in [2.75, 3.05) is 24.3 Å². The molecule has 2 aliphatic carbocycles. The second kappa shape index (κ2) is 15.3. The van der Waals surface area contributed by atoms with E-state index in [4.69, 9.17) is 31.9 Å². The van der Waals surface area contributed by atoms with Gasteiger partial charge in [0.25, 0.3) is 0 Å². The van der Waals surface area contributed by atoms with E-state index in [1.54, 1.807) is 23.5 Å². The van der Waals surface area contributed by atoms with Gasteiger partial charge in [-0.05, 0) is 66.3 Å². The third-order valence-electron chi connectivity index (χ3n) is 10.4. The number of benzene rings is 2. The molecule has 0 radical (unpaired) electrons. The Labute approximate surface area is 292 Å². The first-order chi connectivity index (χ1) is 23.3. The fraction of sp³-hybridized carbons (Fsp3) is 0.486. The number of amidine groups is 2. The van der Waals surface area contributed by atoms with Crippen LogP contribution < -0.4 is 21.9 Å². The zero-order chi connectivity index (χ0) is 33.6. The fourth-order valence-electron chi connectivity index (χ4n) is 7.84. The summed E-state index contributed by atoms with van der Waals surface area (Å²) in [5.41, 5.74) is 22.2. The molecule has 6 N–H and O–H groups in total. The lowest BCUT2D eigenvalue weighted by molar-refractivity contribution is 0.0987. The number of aliphatic imine (C=N–C) groups is 2. The van der Waals surface area contributed by atoms with Crippen molar-refractivity contribution in [3.63, 3.8) is 0 Å². The van der Waals surface area contributed by atoms with Gasteiger partial charge in [-0.25, -0.2) is 9.97 Å². The summed E-state index contributed by atoms with van der Waals surface area (Å²) < 4.78 is 5.01. The van der Waals surface area contributed by atoms with E-state index in [1.807, 2.05) is 24.3 Å². The van der Waals surface area contributed by atoms with Gasteiger partial charge in [0.15, 0.2) is 16.1 Å². The van der Waals surface area contributed by atoms with Crippen LogP contribution in [0.5, 0.6) is 5.88 Å². The maximum Gasteiger partial charge on any atom is 0.232 e. The number of hydrogen-bond donors (Lipinski definition) is 3. The lowest BCUT2D eigenvalue weighted by Crippen LogP contribution is -2.35. The van der Waals surface area contributed by atoms with Gasteiger partial charge in [0.1, 0.15) is 16.8 Å². The Balaban J connectivity index is 0.000000182. The molecule has 48 heavy (non-hydrogen) atoms. The molecule has 2 saturated carbocycles. The van der Waals surface area contributed by atoms with Crippen LogP contribution in [0.1, 0.15) is 91.4 Å². The Bertz CT molecular complexity index is 1640. The van der Waals surface area contributed by atoms with Crippen LogP contribution in [0, 0.1) is 11.8 Å². The molecule has 2 aliphatic heterocycles. The van der Waals surface area contributed by atoms with Gasteiger partial charge in [-0.2, -0.15) is 0 Å². The van der Waals surface area contributed by atoms with Gasteiger partial charge in [0.2, 0.25) is 5.88 Å². The largest absolute Gasteiger partial charge is 0.480 e. The van der Waals surface area contributed by atoms with Gasteiger partial charge in [-0.3, -0.25) is 14.8 Å². The van der Waals surface area contributed by atoms with Gasteiger partial charge in [0, 0.05) is 23.6 Å². The second-order valence-corrected chi connectivity index (χ2v) is 15.4. The standard InChI is InChI=1S/C22H26N4O2S.C15H21N3S/c1-28-20-13-24-18(12-25-20)19(27)11-15-6-5-9-17(10-15)22(14-29-21(23)26-22)16-7-3-2-4-8-16;16-13-8-4-7-12(9-13)15(10-19-14(17)18-15)11-5-2-1-3-6-11/h5-6,9-10,12-13,16H,2-4,7-8,11,14H2,1H3,(H2,23,26);4,7-9,11H,1-3,5-6,10,16H2,(H2,17,18). The number of carbonyl (C=O) groups is 1. The lowest BCUT2D eigenvalue weighted by Gasteiger charge is -2.37. The number of methoxy groups -OCH3 is 1. The van der Waals surface area contributed by atoms with Crippen molar-refractivity contribution in [2.24, 2.45) is 33.3 Å². The number of nitrogens with zero attached hydrogens (tertiary/aromatic N) is 4. The van der Waals surface area contributed by atoms with Crippen LogP contribution in [0.15, 0.2) is 70.9 Å². The number of nitrogen functional groups attached to an aromatic ring is 1. The Morgan fingerprint density at radius 2 is 1.33 bits per heavy atom. The van der Waals surface area contributed by atoms with Crippen molar-refractivity contribution in [1.29, 1.82) is 0 Å². The monoisotopic (exact) mass is 685 g/mol. The third-order valence-corrected chi connectivity index (χ3v) is 12.3. The summed E-state index contributed by atoms with van der Waals surface area (Å²) in [5.74, 6) is 3.29. The molecule has 7 rings (SSSR count). The van der Waals surface area contributed by atoms with Crippen LogP contribution in [-0.4, -0.2) is 44.7 Å². The molecule has 0 bridgehead atoms. The van der Waals surface area contributed by atoms with E-state index < -0.39 is 0 Å². The highest BCUT2D eigenvalue weighted by Crippen LogP contribution is 2.49. The zero-order valence-electron chi connectivity index (χ0n) is 27.8. The van der Waals surface area contributed by atoms with E-state index in [0.29, 0.717) is 28.6 Å². The highest BCUT2D eigenvalue weighted by atomic mass is 32.2. The van der Waals surface area contributed by atoms with Gasteiger partial charge in [-0.15, -0.1) is 0 Å². The van der Waals surface area contributed by atoms with Crippen molar-refractivity contribution < 1.29 is 9.53 Å². The zero-order valence-corrected chi connectivity index (χ0v) is 29.4. The molecule has 4 aliphatic rings. The molecule has 0 spiro atoms. The third kappa shape index (κ3) is 7.52. The molecule has 1 aromatic heterocycles. The average molecular weight is 686 g/mol. The van der Waals surface area contributed by atoms with Gasteiger partial charge in [0.05, 0.1) is 19.5 Å². The molecule has 11 heteroatoms. The Hall–Kier alpha value is -3.57. The summed E-state index contributed by atoms with van der Waals surface area (Å²) in [7, 11) is 1.52. The normalized spacial score (nSPS) is 24.7. The number of rotatable bonds is 8. The van der Waals surface area contributed by atoms with E-state index in [2.05, 4.69) is 34.2 Å². The number of carbonyl (C=O) groups excluding carboxylic acids is 1. The maximum absolute atomic E-state index is 12.7. The van der Waals surface area contributed by atoms with Crippen LogP contribution in [0.4, 0.5) is 5.69 Å². The SMILES string of the molecule is COc1cnc(C(=O)Cc2cccc(C3(C4CCCCC4)CSC(N)=N3)c2)cn1.NC1=NC(c2cccc(N)c2)(C2CCCCC2)CS1. The summed E-state index contributed by atoms with van der Waals surface area (Å²) in [6, 6.07) is 16.5. The molecule has 2 atom stereocenters. The molecule has 254 valence electrons. The van der Waals surface area contributed by atoms with E-state index in [0.717, 1.165) is 27.9 Å². The molecule has 3 aromatic rings. The summed E-state index contributed by atoms with van der Waals surface area (Å²) in [4.78, 5) is 30.7. The Morgan fingerprint density at radius 3 is 1.81 bits per heavy atom. The minimum atomic E-state index is -0.270. The van der Waals surface area contributed by atoms with Crippen molar-refractivity contribution in [2.45, 2.75) is 81.7 Å². The number of thioether (sulfide) groups is 2. The molecular formula is C37H47N7O2S2. The van der Waals surface area contributed by atoms with Crippen LogP contribution >= 0.6 is 23.5 Å². The fourth-order valence-corrected chi connectivity index (χ4v) is 9.96. The van der Waals surface area contributed by atoms with Crippen molar-refractivity contribution in [1.82, 2.24) is 9.97 Å². The number of ketones is 1. The summed E-state index contributed by atoms with van der Waals surface area (Å²) in [6.45, 7) is 0. The van der Waals surface area contributed by atoms with Crippen LogP contribution in [0.2, 0.25) is 0 Å². The summed E-state index contributed by atoms with van der Waals surface area (Å²) >= 11 is 3.33.